The van der Waals surface area contributed by atoms with E-state index in [9.17, 15) is 0 Å². The lowest BCUT2D eigenvalue weighted by atomic mass is 9.92. The van der Waals surface area contributed by atoms with Crippen molar-refractivity contribution in [2.24, 2.45) is 5.11 Å². The third-order valence-corrected chi connectivity index (χ3v) is 1.82. The summed E-state index contributed by atoms with van der Waals surface area (Å²) >= 11 is 0. The summed E-state index contributed by atoms with van der Waals surface area (Å²) in [5, 5.41) is 3.70. The van der Waals surface area contributed by atoms with Gasteiger partial charge in [-0.05, 0) is 18.9 Å². The Hall–Kier alpha value is -1.21. The molecule has 0 spiro atoms. The molecule has 1 atom stereocenters. The van der Waals surface area contributed by atoms with Crippen LogP contribution < -0.4 is 0 Å². The summed E-state index contributed by atoms with van der Waals surface area (Å²) in [6, 6.07) is 0. The van der Waals surface area contributed by atoms with Crippen LogP contribution in [0.5, 0.6) is 0 Å². The maximum Gasteiger partial charge on any atom is 0.0677 e. The van der Waals surface area contributed by atoms with Crippen LogP contribution in [0.2, 0.25) is 0 Å². The first-order valence-corrected chi connectivity index (χ1v) is 3.58. The Morgan fingerprint density at radius 3 is 2.91 bits per heavy atom. The zero-order valence-electron chi connectivity index (χ0n) is 6.78. The number of hydrogen-bond acceptors (Lipinski definition) is 1. The topological polar surface area (TPSA) is 48.8 Å². The largest absolute Gasteiger partial charge is 0.0831 e. The molecule has 0 aromatic carbocycles. The molecule has 0 amide bonds. The zero-order valence-corrected chi connectivity index (χ0v) is 6.78. The van der Waals surface area contributed by atoms with Crippen molar-refractivity contribution >= 4 is 0 Å². The number of allylic oxidation sites excluding steroid dienone is 2. The molecule has 0 radical (unpaired) electrons. The van der Waals surface area contributed by atoms with E-state index in [4.69, 9.17) is 5.53 Å². The van der Waals surface area contributed by atoms with Crippen molar-refractivity contribution in [1.82, 2.24) is 0 Å². The second-order valence-corrected chi connectivity index (χ2v) is 3.03. The standard InChI is InChI=1S/C8H11N3/c1-7-3-5-8(2,6-4-7)10-11-9/h3-5H,6H2,1-2H3. The van der Waals surface area contributed by atoms with E-state index in [0.717, 1.165) is 6.42 Å². The molecule has 0 aromatic rings. The van der Waals surface area contributed by atoms with Crippen molar-refractivity contribution in [2.75, 3.05) is 0 Å². The van der Waals surface area contributed by atoms with Gasteiger partial charge in [0.1, 0.15) is 0 Å². The SMILES string of the molecule is CC1=CCC(C)(N=[N+]=[N-])C=C1. The van der Waals surface area contributed by atoms with Crippen LogP contribution in [0.15, 0.2) is 28.9 Å². The van der Waals surface area contributed by atoms with E-state index >= 15 is 0 Å². The van der Waals surface area contributed by atoms with Gasteiger partial charge >= 0.3 is 0 Å². The van der Waals surface area contributed by atoms with Crippen LogP contribution in [0.4, 0.5) is 0 Å². The Morgan fingerprint density at radius 1 is 1.73 bits per heavy atom. The van der Waals surface area contributed by atoms with Crippen LogP contribution in [0.3, 0.4) is 0 Å². The highest BCUT2D eigenvalue weighted by Crippen LogP contribution is 2.24. The van der Waals surface area contributed by atoms with Gasteiger partial charge in [-0.2, -0.15) is 0 Å². The molecule has 0 N–H and O–H groups in total. The van der Waals surface area contributed by atoms with Crippen molar-refractivity contribution in [2.45, 2.75) is 25.8 Å². The summed E-state index contributed by atoms with van der Waals surface area (Å²) < 4.78 is 0. The van der Waals surface area contributed by atoms with Crippen LogP contribution in [-0.4, -0.2) is 5.54 Å². The lowest BCUT2D eigenvalue weighted by Crippen LogP contribution is -2.18. The molecular weight excluding hydrogens is 138 g/mol. The third kappa shape index (κ3) is 1.85. The number of azide groups is 1. The predicted octanol–water partition coefficient (Wildman–Crippen LogP) is 2.96. The molecule has 11 heavy (non-hydrogen) atoms. The number of rotatable bonds is 1. The van der Waals surface area contributed by atoms with Crippen LogP contribution in [-0.2, 0) is 0 Å². The quantitative estimate of drug-likeness (QED) is 0.312. The Morgan fingerprint density at radius 2 is 2.45 bits per heavy atom. The Balaban J connectivity index is 2.81. The minimum absolute atomic E-state index is 0.339. The molecule has 0 saturated carbocycles. The highest BCUT2D eigenvalue weighted by Gasteiger charge is 2.19. The van der Waals surface area contributed by atoms with Gasteiger partial charge in [-0.25, -0.2) is 0 Å². The van der Waals surface area contributed by atoms with E-state index < -0.39 is 0 Å². The molecule has 3 nitrogen and oxygen atoms in total. The molecule has 0 aromatic heterocycles. The van der Waals surface area contributed by atoms with E-state index in [1.54, 1.807) is 0 Å². The molecule has 3 heteroatoms. The molecule has 0 saturated heterocycles. The van der Waals surface area contributed by atoms with Gasteiger partial charge in [-0.15, -0.1) is 0 Å². The Labute approximate surface area is 66.0 Å². The molecule has 0 heterocycles. The van der Waals surface area contributed by atoms with Gasteiger partial charge in [-0.3, -0.25) is 0 Å². The van der Waals surface area contributed by atoms with E-state index in [-0.39, 0.29) is 5.54 Å². The van der Waals surface area contributed by atoms with Gasteiger partial charge in [-0.1, -0.05) is 35.8 Å². The summed E-state index contributed by atoms with van der Waals surface area (Å²) in [6.45, 7) is 3.96. The molecule has 1 rings (SSSR count). The molecule has 1 aliphatic rings. The van der Waals surface area contributed by atoms with Crippen molar-refractivity contribution in [3.8, 4) is 0 Å². The summed E-state index contributed by atoms with van der Waals surface area (Å²) in [6.07, 6.45) is 6.81. The van der Waals surface area contributed by atoms with E-state index in [2.05, 4.69) is 16.1 Å². The van der Waals surface area contributed by atoms with Crippen molar-refractivity contribution < 1.29 is 0 Å². The lowest BCUT2D eigenvalue weighted by Gasteiger charge is -2.20. The van der Waals surface area contributed by atoms with Gasteiger partial charge in [0.15, 0.2) is 0 Å². The van der Waals surface area contributed by atoms with Gasteiger partial charge < -0.3 is 0 Å². The first-order valence-electron chi connectivity index (χ1n) is 3.58. The minimum atomic E-state index is -0.339. The van der Waals surface area contributed by atoms with E-state index in [1.807, 2.05) is 26.0 Å². The number of hydrogen-bond donors (Lipinski definition) is 0. The molecule has 0 fully saturated rings. The summed E-state index contributed by atoms with van der Waals surface area (Å²) in [5.74, 6) is 0. The Kier molecular flexibility index (Phi) is 2.01. The van der Waals surface area contributed by atoms with Gasteiger partial charge in [0.2, 0.25) is 0 Å². The fourth-order valence-electron chi connectivity index (χ4n) is 0.991. The lowest BCUT2D eigenvalue weighted by molar-refractivity contribution is 0.582. The highest BCUT2D eigenvalue weighted by atomic mass is 15.2. The Bertz CT molecular complexity index is 259. The van der Waals surface area contributed by atoms with Crippen LogP contribution in [0.25, 0.3) is 10.4 Å². The fourth-order valence-corrected chi connectivity index (χ4v) is 0.991. The van der Waals surface area contributed by atoms with Gasteiger partial charge in [0.25, 0.3) is 0 Å². The second kappa shape index (κ2) is 2.81. The molecular formula is C8H11N3. The summed E-state index contributed by atoms with van der Waals surface area (Å²) in [5.41, 5.74) is 9.15. The average Bonchev–Trinajstić information content (AvgIpc) is 1.97. The van der Waals surface area contributed by atoms with Gasteiger partial charge in [0.05, 0.1) is 5.54 Å². The summed E-state index contributed by atoms with van der Waals surface area (Å²) in [4.78, 5) is 2.80. The maximum absolute atomic E-state index is 8.25. The zero-order chi connectivity index (χ0) is 8.32. The predicted molar refractivity (Wildman–Crippen MR) is 45.1 cm³/mol. The maximum atomic E-state index is 8.25. The van der Waals surface area contributed by atoms with E-state index in [1.165, 1.54) is 5.57 Å². The number of nitrogens with zero attached hydrogens (tertiary/aromatic N) is 3. The van der Waals surface area contributed by atoms with Crippen molar-refractivity contribution in [1.29, 1.82) is 0 Å². The van der Waals surface area contributed by atoms with Crippen LogP contribution >= 0.6 is 0 Å². The van der Waals surface area contributed by atoms with Crippen LogP contribution in [0.1, 0.15) is 20.3 Å². The normalized spacial score (nSPS) is 29.1. The fraction of sp³-hybridized carbons (Fsp3) is 0.500. The van der Waals surface area contributed by atoms with Crippen LogP contribution in [0, 0.1) is 0 Å². The molecule has 1 unspecified atom stereocenters. The highest BCUT2D eigenvalue weighted by molar-refractivity contribution is 5.27. The first kappa shape index (κ1) is 7.89. The second-order valence-electron chi connectivity index (χ2n) is 3.03. The monoisotopic (exact) mass is 149 g/mol. The third-order valence-electron chi connectivity index (χ3n) is 1.82. The molecule has 58 valence electrons. The first-order chi connectivity index (χ1) is 5.16. The molecule has 0 aliphatic heterocycles. The average molecular weight is 149 g/mol. The van der Waals surface area contributed by atoms with Crippen molar-refractivity contribution in [3.63, 3.8) is 0 Å². The molecule has 0 bridgehead atoms. The minimum Gasteiger partial charge on any atom is -0.0831 e. The summed E-state index contributed by atoms with van der Waals surface area (Å²) in [7, 11) is 0. The van der Waals surface area contributed by atoms with Gasteiger partial charge in [0, 0.05) is 4.91 Å². The van der Waals surface area contributed by atoms with Crippen molar-refractivity contribution in [3.05, 3.63) is 34.2 Å². The van der Waals surface area contributed by atoms with E-state index in [0.29, 0.717) is 0 Å². The molecule has 1 aliphatic carbocycles. The smallest absolute Gasteiger partial charge is 0.0677 e.